The van der Waals surface area contributed by atoms with Crippen molar-refractivity contribution in [2.45, 2.75) is 13.1 Å². The van der Waals surface area contributed by atoms with Gasteiger partial charge in [-0.05, 0) is 35.4 Å². The number of carbonyl (C=O) groups excluding carboxylic acids is 1. The third-order valence-electron chi connectivity index (χ3n) is 6.01. The summed E-state index contributed by atoms with van der Waals surface area (Å²) in [5.74, 6) is 0.976. The van der Waals surface area contributed by atoms with Crippen LogP contribution in [0.1, 0.15) is 21.5 Å². The topological polar surface area (TPSA) is 36.0 Å². The van der Waals surface area contributed by atoms with E-state index in [2.05, 4.69) is 34.1 Å². The highest BCUT2D eigenvalue weighted by molar-refractivity contribution is 5.94. The van der Waals surface area contributed by atoms with E-state index in [1.54, 1.807) is 12.0 Å². The van der Waals surface area contributed by atoms with E-state index in [0.29, 0.717) is 6.54 Å². The summed E-state index contributed by atoms with van der Waals surface area (Å²) in [7, 11) is 3.58. The summed E-state index contributed by atoms with van der Waals surface area (Å²) in [6.45, 7) is 5.45. The molecule has 1 amide bonds. The van der Waals surface area contributed by atoms with Crippen molar-refractivity contribution in [3.05, 3.63) is 95.6 Å². The third-order valence-corrected chi connectivity index (χ3v) is 6.01. The predicted octanol–water partition coefficient (Wildman–Crippen LogP) is 4.29. The van der Waals surface area contributed by atoms with Crippen molar-refractivity contribution in [2.24, 2.45) is 0 Å². The molecular weight excluding hydrogens is 398 g/mol. The first-order valence-electron chi connectivity index (χ1n) is 11.1. The number of hydrogen-bond donors (Lipinski definition) is 0. The van der Waals surface area contributed by atoms with Crippen LogP contribution in [0.4, 0.5) is 5.69 Å². The molecule has 5 heteroatoms. The van der Waals surface area contributed by atoms with Gasteiger partial charge in [-0.25, -0.2) is 0 Å². The summed E-state index contributed by atoms with van der Waals surface area (Å²) >= 11 is 0. The number of rotatable bonds is 7. The molecule has 0 N–H and O–H groups in total. The van der Waals surface area contributed by atoms with Crippen LogP contribution in [0.25, 0.3) is 0 Å². The summed E-state index contributed by atoms with van der Waals surface area (Å²) in [6.07, 6.45) is 0. The van der Waals surface area contributed by atoms with Crippen molar-refractivity contribution >= 4 is 11.6 Å². The van der Waals surface area contributed by atoms with Crippen LogP contribution in [0.15, 0.2) is 78.9 Å². The second-order valence-corrected chi connectivity index (χ2v) is 8.28. The largest absolute Gasteiger partial charge is 0.495 e. The molecule has 3 aromatic rings. The second-order valence-electron chi connectivity index (χ2n) is 8.28. The van der Waals surface area contributed by atoms with Gasteiger partial charge in [0.2, 0.25) is 0 Å². The van der Waals surface area contributed by atoms with Gasteiger partial charge in [-0.2, -0.15) is 0 Å². The summed E-state index contributed by atoms with van der Waals surface area (Å²) in [5, 5.41) is 0. The Morgan fingerprint density at radius 1 is 0.844 bits per heavy atom. The molecule has 4 rings (SSSR count). The van der Waals surface area contributed by atoms with Gasteiger partial charge in [0.05, 0.1) is 12.8 Å². The van der Waals surface area contributed by atoms with E-state index in [4.69, 9.17) is 4.74 Å². The highest BCUT2D eigenvalue weighted by Gasteiger charge is 2.20. The number of nitrogens with zero attached hydrogens (tertiary/aromatic N) is 3. The van der Waals surface area contributed by atoms with Gasteiger partial charge < -0.3 is 14.5 Å². The smallest absolute Gasteiger partial charge is 0.253 e. The Hall–Kier alpha value is -3.31. The Bertz CT molecular complexity index is 1010. The first-order valence-corrected chi connectivity index (χ1v) is 11.1. The first-order chi connectivity index (χ1) is 15.6. The lowest BCUT2D eigenvalue weighted by molar-refractivity contribution is 0.0785. The molecule has 0 spiro atoms. The summed E-state index contributed by atoms with van der Waals surface area (Å²) in [6, 6.07) is 26.3. The molecule has 1 heterocycles. The fraction of sp³-hybridized carbons (Fsp3) is 0.296. The molecule has 3 aromatic carbocycles. The Morgan fingerprint density at radius 3 is 2.19 bits per heavy atom. The van der Waals surface area contributed by atoms with E-state index in [0.717, 1.165) is 55.3 Å². The van der Waals surface area contributed by atoms with E-state index in [1.165, 1.54) is 5.56 Å². The summed E-state index contributed by atoms with van der Waals surface area (Å²) in [4.78, 5) is 19.4. The average molecular weight is 430 g/mol. The lowest BCUT2D eigenvalue weighted by atomic mass is 10.1. The van der Waals surface area contributed by atoms with Crippen LogP contribution < -0.4 is 9.64 Å². The Kier molecular flexibility index (Phi) is 7.07. The number of amides is 1. The molecule has 1 aliphatic heterocycles. The molecule has 1 aliphatic rings. The van der Waals surface area contributed by atoms with Gasteiger partial charge in [0.25, 0.3) is 5.91 Å². The molecule has 0 aliphatic carbocycles. The fourth-order valence-corrected chi connectivity index (χ4v) is 4.20. The third kappa shape index (κ3) is 5.29. The van der Waals surface area contributed by atoms with Crippen LogP contribution in [0.5, 0.6) is 5.75 Å². The van der Waals surface area contributed by atoms with Crippen LogP contribution in [0.2, 0.25) is 0 Å². The Morgan fingerprint density at radius 2 is 1.50 bits per heavy atom. The molecule has 0 unspecified atom stereocenters. The van der Waals surface area contributed by atoms with Crippen molar-refractivity contribution in [3.8, 4) is 5.75 Å². The zero-order valence-electron chi connectivity index (χ0n) is 18.9. The SMILES string of the molecule is COc1ccccc1N1CCN(Cc2ccc(C(=O)N(C)Cc3ccccc3)cc2)CC1. The molecular formula is C27H31N3O2. The van der Waals surface area contributed by atoms with Crippen LogP contribution in [-0.2, 0) is 13.1 Å². The van der Waals surface area contributed by atoms with Gasteiger partial charge in [0, 0.05) is 51.9 Å². The van der Waals surface area contributed by atoms with E-state index < -0.39 is 0 Å². The number of para-hydroxylation sites is 2. The van der Waals surface area contributed by atoms with Crippen molar-refractivity contribution in [3.63, 3.8) is 0 Å². The molecule has 0 bridgehead atoms. The van der Waals surface area contributed by atoms with E-state index >= 15 is 0 Å². The van der Waals surface area contributed by atoms with E-state index in [9.17, 15) is 4.79 Å². The Labute approximate surface area is 190 Å². The van der Waals surface area contributed by atoms with Gasteiger partial charge in [-0.15, -0.1) is 0 Å². The number of hydrogen-bond acceptors (Lipinski definition) is 4. The minimum atomic E-state index is 0.0471. The van der Waals surface area contributed by atoms with E-state index in [-0.39, 0.29) is 5.91 Å². The summed E-state index contributed by atoms with van der Waals surface area (Å²) in [5.41, 5.74) is 4.26. The van der Waals surface area contributed by atoms with E-state index in [1.807, 2.05) is 61.6 Å². The zero-order chi connectivity index (χ0) is 22.3. The molecule has 0 saturated carbocycles. The minimum absolute atomic E-state index is 0.0471. The minimum Gasteiger partial charge on any atom is -0.495 e. The molecule has 1 fully saturated rings. The zero-order valence-corrected chi connectivity index (χ0v) is 18.9. The number of ether oxygens (including phenoxy) is 1. The number of anilines is 1. The molecule has 32 heavy (non-hydrogen) atoms. The molecule has 166 valence electrons. The van der Waals surface area contributed by atoms with Crippen LogP contribution in [0, 0.1) is 0 Å². The maximum Gasteiger partial charge on any atom is 0.253 e. The average Bonchev–Trinajstić information content (AvgIpc) is 2.85. The van der Waals surface area contributed by atoms with Gasteiger partial charge in [0.15, 0.2) is 0 Å². The van der Waals surface area contributed by atoms with Gasteiger partial charge in [-0.3, -0.25) is 9.69 Å². The molecule has 1 saturated heterocycles. The monoisotopic (exact) mass is 429 g/mol. The molecule has 0 atom stereocenters. The number of benzene rings is 3. The molecule has 0 radical (unpaired) electrons. The number of piperazine rings is 1. The van der Waals surface area contributed by atoms with Crippen molar-refractivity contribution in [1.82, 2.24) is 9.80 Å². The lowest BCUT2D eigenvalue weighted by Gasteiger charge is -2.36. The van der Waals surface area contributed by atoms with Gasteiger partial charge in [-0.1, -0.05) is 54.6 Å². The number of methoxy groups -OCH3 is 1. The van der Waals surface area contributed by atoms with Gasteiger partial charge in [0.1, 0.15) is 5.75 Å². The first kappa shape index (κ1) is 21.9. The second kappa shape index (κ2) is 10.3. The highest BCUT2D eigenvalue weighted by atomic mass is 16.5. The molecule has 5 nitrogen and oxygen atoms in total. The fourth-order valence-electron chi connectivity index (χ4n) is 4.20. The van der Waals surface area contributed by atoms with Gasteiger partial charge >= 0.3 is 0 Å². The number of carbonyl (C=O) groups is 1. The maximum atomic E-state index is 12.8. The van der Waals surface area contributed by atoms with Crippen LogP contribution in [-0.4, -0.2) is 56.0 Å². The van der Waals surface area contributed by atoms with Crippen molar-refractivity contribution in [1.29, 1.82) is 0 Å². The highest BCUT2D eigenvalue weighted by Crippen LogP contribution is 2.28. The quantitative estimate of drug-likeness (QED) is 0.561. The summed E-state index contributed by atoms with van der Waals surface area (Å²) < 4.78 is 5.52. The Balaban J connectivity index is 1.30. The molecule has 0 aromatic heterocycles. The normalized spacial score (nSPS) is 14.2. The van der Waals surface area contributed by atoms with Crippen molar-refractivity contribution in [2.75, 3.05) is 45.2 Å². The van der Waals surface area contributed by atoms with Crippen molar-refractivity contribution < 1.29 is 9.53 Å². The lowest BCUT2D eigenvalue weighted by Crippen LogP contribution is -2.46. The van der Waals surface area contributed by atoms with Crippen LogP contribution in [0.3, 0.4) is 0 Å². The standard InChI is InChI=1S/C27H31N3O2/c1-28(20-22-8-4-3-5-9-22)27(31)24-14-12-23(13-15-24)21-29-16-18-30(19-17-29)25-10-6-7-11-26(25)32-2/h3-15H,16-21H2,1-2H3. The predicted molar refractivity (Wildman–Crippen MR) is 129 cm³/mol. The maximum absolute atomic E-state index is 12.8. The van der Waals surface area contributed by atoms with Crippen LogP contribution >= 0.6 is 0 Å².